The van der Waals surface area contributed by atoms with Crippen molar-refractivity contribution in [1.82, 2.24) is 0 Å². The lowest BCUT2D eigenvalue weighted by Crippen LogP contribution is -2.05. The van der Waals surface area contributed by atoms with Gasteiger partial charge < -0.3 is 4.74 Å². The minimum atomic E-state index is 0.0248. The lowest BCUT2D eigenvalue weighted by molar-refractivity contribution is -0.143. The summed E-state index contributed by atoms with van der Waals surface area (Å²) < 4.78 is 5.48. The van der Waals surface area contributed by atoms with Crippen LogP contribution in [0, 0.1) is 0 Å². The molecule has 0 bridgehead atoms. The normalized spacial score (nSPS) is 11.6. The summed E-state index contributed by atoms with van der Waals surface area (Å²) in [6.07, 6.45) is 58.9. The molecular weight excluding hydrogens is 585 g/mol. The Morgan fingerprint density at radius 1 is 0.333 bits per heavy atom. The van der Waals surface area contributed by atoms with E-state index in [0.29, 0.717) is 13.0 Å². The number of unbranched alkanes of at least 4 members (excludes halogenated alkanes) is 36. The number of rotatable bonds is 42. The third kappa shape index (κ3) is 43.2. The molecule has 0 saturated carbocycles. The molecule has 286 valence electrons. The molecule has 2 nitrogen and oxygen atoms in total. The van der Waals surface area contributed by atoms with Gasteiger partial charge in [-0.3, -0.25) is 4.79 Å². The molecule has 0 aliphatic heterocycles. The summed E-state index contributed by atoms with van der Waals surface area (Å²) in [5, 5.41) is 0. The first kappa shape index (κ1) is 47.2. The van der Waals surface area contributed by atoms with Crippen LogP contribution in [0.15, 0.2) is 12.2 Å². The van der Waals surface area contributed by atoms with Gasteiger partial charge in [0.05, 0.1) is 6.61 Å². The predicted octanol–water partition coefficient (Wildman–Crippen LogP) is 16.7. The molecule has 0 aliphatic rings. The van der Waals surface area contributed by atoms with E-state index in [0.717, 1.165) is 12.8 Å². The molecule has 2 heteroatoms. The molecule has 0 aliphatic carbocycles. The number of carbonyl (C=O) groups excluding carboxylic acids is 1. The largest absolute Gasteiger partial charge is 0.466 e. The maximum absolute atomic E-state index is 12.0. The van der Waals surface area contributed by atoms with Gasteiger partial charge in [-0.05, 0) is 38.5 Å². The van der Waals surface area contributed by atoms with Gasteiger partial charge in [-0.2, -0.15) is 0 Å². The number of hydrogen-bond acceptors (Lipinski definition) is 2. The van der Waals surface area contributed by atoms with Crippen molar-refractivity contribution in [1.29, 1.82) is 0 Å². The predicted molar refractivity (Wildman–Crippen MR) is 216 cm³/mol. The van der Waals surface area contributed by atoms with Gasteiger partial charge in [0, 0.05) is 6.42 Å². The molecule has 0 aromatic carbocycles. The molecule has 48 heavy (non-hydrogen) atoms. The van der Waals surface area contributed by atoms with E-state index >= 15 is 0 Å². The summed E-state index contributed by atoms with van der Waals surface area (Å²) in [5.41, 5.74) is 0. The van der Waals surface area contributed by atoms with Crippen LogP contribution >= 0.6 is 0 Å². The fourth-order valence-corrected chi connectivity index (χ4v) is 7.02. The molecule has 0 amide bonds. The summed E-state index contributed by atoms with van der Waals surface area (Å²) in [6, 6.07) is 0. The highest BCUT2D eigenvalue weighted by atomic mass is 16.5. The van der Waals surface area contributed by atoms with E-state index in [9.17, 15) is 4.79 Å². The van der Waals surface area contributed by atoms with E-state index in [4.69, 9.17) is 4.74 Å². The molecule has 0 radical (unpaired) electrons. The molecular formula is C46H90O2. The first-order chi connectivity index (χ1) is 23.8. The lowest BCUT2D eigenvalue weighted by Gasteiger charge is -2.06. The molecule has 0 N–H and O–H groups in total. The number of allylic oxidation sites excluding steroid dienone is 2. The zero-order valence-corrected chi connectivity index (χ0v) is 33.5. The van der Waals surface area contributed by atoms with Crippen molar-refractivity contribution in [2.45, 2.75) is 271 Å². The van der Waals surface area contributed by atoms with Crippen LogP contribution in [-0.4, -0.2) is 12.6 Å². The molecule has 0 unspecified atom stereocenters. The zero-order valence-electron chi connectivity index (χ0n) is 33.5. The smallest absolute Gasteiger partial charge is 0.305 e. The van der Waals surface area contributed by atoms with Crippen molar-refractivity contribution in [3.8, 4) is 0 Å². The zero-order chi connectivity index (χ0) is 34.7. The first-order valence-electron chi connectivity index (χ1n) is 22.6. The quantitative estimate of drug-likeness (QED) is 0.0366. The van der Waals surface area contributed by atoms with Crippen LogP contribution < -0.4 is 0 Å². The fraction of sp³-hybridized carbons (Fsp3) is 0.935. The van der Waals surface area contributed by atoms with Crippen molar-refractivity contribution < 1.29 is 9.53 Å². The number of ether oxygens (including phenoxy) is 1. The van der Waals surface area contributed by atoms with Gasteiger partial charge in [0.25, 0.3) is 0 Å². The van der Waals surface area contributed by atoms with Crippen LogP contribution in [0.25, 0.3) is 0 Å². The molecule has 0 spiro atoms. The molecule has 0 aromatic rings. The first-order valence-corrected chi connectivity index (χ1v) is 22.6. The van der Waals surface area contributed by atoms with Crippen molar-refractivity contribution >= 4 is 5.97 Å². The Balaban J connectivity index is 3.16. The Kier molecular flexibility index (Phi) is 43.5. The molecule has 0 heterocycles. The van der Waals surface area contributed by atoms with Gasteiger partial charge in [-0.25, -0.2) is 0 Å². The van der Waals surface area contributed by atoms with E-state index in [2.05, 4.69) is 26.0 Å². The van der Waals surface area contributed by atoms with Gasteiger partial charge in [0.1, 0.15) is 0 Å². The van der Waals surface area contributed by atoms with Crippen molar-refractivity contribution in [2.24, 2.45) is 0 Å². The van der Waals surface area contributed by atoms with E-state index < -0.39 is 0 Å². The Morgan fingerprint density at radius 3 is 0.896 bits per heavy atom. The number of hydrogen-bond donors (Lipinski definition) is 0. The van der Waals surface area contributed by atoms with E-state index in [1.54, 1.807) is 0 Å². The Hall–Kier alpha value is -0.790. The summed E-state index contributed by atoms with van der Waals surface area (Å²) in [7, 11) is 0. The van der Waals surface area contributed by atoms with Gasteiger partial charge in [0.15, 0.2) is 0 Å². The second-order valence-corrected chi connectivity index (χ2v) is 15.4. The third-order valence-corrected chi connectivity index (χ3v) is 10.4. The third-order valence-electron chi connectivity index (χ3n) is 10.4. The Bertz CT molecular complexity index is 611. The van der Waals surface area contributed by atoms with Gasteiger partial charge >= 0.3 is 5.97 Å². The highest BCUT2D eigenvalue weighted by Crippen LogP contribution is 2.16. The fourth-order valence-electron chi connectivity index (χ4n) is 7.02. The van der Waals surface area contributed by atoms with Crippen LogP contribution in [0.4, 0.5) is 0 Å². The van der Waals surface area contributed by atoms with Gasteiger partial charge in [-0.1, -0.05) is 238 Å². The average Bonchev–Trinajstić information content (AvgIpc) is 3.09. The lowest BCUT2D eigenvalue weighted by atomic mass is 10.0. The standard InChI is InChI=1S/C46H90O2/c1-3-5-7-9-11-13-15-17-19-21-22-23-24-25-26-27-29-31-33-35-37-39-41-43-45-48-46(47)44-42-40-38-36-34-32-30-28-20-18-16-14-12-10-8-6-4-2/h18,20H,3-17,19,21-45H2,1-2H3. The van der Waals surface area contributed by atoms with Crippen molar-refractivity contribution in [2.75, 3.05) is 6.61 Å². The van der Waals surface area contributed by atoms with Crippen LogP contribution in [0.5, 0.6) is 0 Å². The topological polar surface area (TPSA) is 26.3 Å². The van der Waals surface area contributed by atoms with Crippen LogP contribution in [0.1, 0.15) is 271 Å². The number of esters is 1. The summed E-state index contributed by atoms with van der Waals surface area (Å²) >= 11 is 0. The summed E-state index contributed by atoms with van der Waals surface area (Å²) in [6.45, 7) is 5.22. The minimum absolute atomic E-state index is 0.0248. The van der Waals surface area contributed by atoms with Crippen molar-refractivity contribution in [3.05, 3.63) is 12.2 Å². The Labute approximate surface area is 304 Å². The van der Waals surface area contributed by atoms with E-state index in [1.807, 2.05) is 0 Å². The molecule has 0 rings (SSSR count). The maximum Gasteiger partial charge on any atom is 0.305 e. The van der Waals surface area contributed by atoms with Crippen LogP contribution in [0.3, 0.4) is 0 Å². The van der Waals surface area contributed by atoms with Crippen LogP contribution in [-0.2, 0) is 9.53 Å². The van der Waals surface area contributed by atoms with Crippen LogP contribution in [0.2, 0.25) is 0 Å². The van der Waals surface area contributed by atoms with E-state index in [-0.39, 0.29) is 5.97 Å². The average molecular weight is 675 g/mol. The second kappa shape index (κ2) is 44.2. The number of carbonyl (C=O) groups is 1. The van der Waals surface area contributed by atoms with E-state index in [1.165, 1.54) is 238 Å². The molecule has 0 aromatic heterocycles. The highest BCUT2D eigenvalue weighted by molar-refractivity contribution is 5.69. The maximum atomic E-state index is 12.0. The van der Waals surface area contributed by atoms with Crippen molar-refractivity contribution in [3.63, 3.8) is 0 Å². The summed E-state index contributed by atoms with van der Waals surface area (Å²) in [4.78, 5) is 12.0. The SMILES string of the molecule is CCCCCCCCC=CCCCCCCCCCC(=O)OCCCCCCCCCCCCCCCCCCCCCCCCCC. The summed E-state index contributed by atoms with van der Waals surface area (Å²) in [5.74, 6) is 0.0248. The molecule has 0 atom stereocenters. The van der Waals surface area contributed by atoms with Gasteiger partial charge in [0.2, 0.25) is 0 Å². The second-order valence-electron chi connectivity index (χ2n) is 15.4. The highest BCUT2D eigenvalue weighted by Gasteiger charge is 2.03. The molecule has 0 fully saturated rings. The minimum Gasteiger partial charge on any atom is -0.466 e. The Morgan fingerprint density at radius 2 is 0.583 bits per heavy atom. The van der Waals surface area contributed by atoms with Gasteiger partial charge in [-0.15, -0.1) is 0 Å². The molecule has 0 saturated heterocycles. The monoisotopic (exact) mass is 675 g/mol.